The van der Waals surface area contributed by atoms with E-state index in [2.05, 4.69) is 10.2 Å². The first-order valence-electron chi connectivity index (χ1n) is 5.95. The fourth-order valence-electron chi connectivity index (χ4n) is 2.07. The third kappa shape index (κ3) is 3.72. The molecule has 1 aliphatic heterocycles. The highest BCUT2D eigenvalue weighted by Crippen LogP contribution is 2.26. The van der Waals surface area contributed by atoms with E-state index in [1.54, 1.807) is 7.11 Å². The van der Waals surface area contributed by atoms with Gasteiger partial charge in [0.2, 0.25) is 0 Å². The number of rotatable bonds is 6. The molecular weight excluding hydrogens is 192 g/mol. The molecule has 0 aromatic heterocycles. The van der Waals surface area contributed by atoms with Gasteiger partial charge in [0.05, 0.1) is 19.3 Å². The van der Waals surface area contributed by atoms with Crippen LogP contribution in [0.25, 0.3) is 0 Å². The lowest BCUT2D eigenvalue weighted by atomic mass is 10.2. The molecule has 2 fully saturated rings. The van der Waals surface area contributed by atoms with Crippen LogP contribution in [0.1, 0.15) is 12.8 Å². The minimum Gasteiger partial charge on any atom is -0.383 e. The second-order valence-electron chi connectivity index (χ2n) is 4.42. The fraction of sp³-hybridized carbons (Fsp3) is 1.00. The summed E-state index contributed by atoms with van der Waals surface area (Å²) >= 11 is 0. The van der Waals surface area contributed by atoms with Crippen LogP contribution in [-0.2, 0) is 9.47 Å². The lowest BCUT2D eigenvalue weighted by molar-refractivity contribution is -0.000325. The zero-order valence-corrected chi connectivity index (χ0v) is 9.58. The summed E-state index contributed by atoms with van der Waals surface area (Å²) in [5.74, 6) is 0. The Kier molecular flexibility index (Phi) is 4.38. The van der Waals surface area contributed by atoms with Gasteiger partial charge in [0.25, 0.3) is 0 Å². The van der Waals surface area contributed by atoms with E-state index in [-0.39, 0.29) is 0 Å². The Balaban J connectivity index is 1.72. The number of ether oxygens (including phenoxy) is 2. The molecule has 0 spiro atoms. The molecule has 1 aliphatic carbocycles. The molecule has 0 aromatic carbocycles. The first-order valence-corrected chi connectivity index (χ1v) is 5.95. The van der Waals surface area contributed by atoms with Crippen LogP contribution in [0.15, 0.2) is 0 Å². The standard InChI is InChI=1S/C11H22N2O2/c1-14-7-5-13(10-2-3-10)9-11-8-12-4-6-15-11/h10-12H,2-9H2,1H3. The van der Waals surface area contributed by atoms with E-state index in [0.29, 0.717) is 6.10 Å². The number of morpholine rings is 1. The molecule has 2 rings (SSSR count). The van der Waals surface area contributed by atoms with Gasteiger partial charge in [-0.2, -0.15) is 0 Å². The summed E-state index contributed by atoms with van der Waals surface area (Å²) in [7, 11) is 1.77. The maximum Gasteiger partial charge on any atom is 0.0826 e. The Bertz CT molecular complexity index is 179. The van der Waals surface area contributed by atoms with Crippen molar-refractivity contribution in [3.63, 3.8) is 0 Å². The van der Waals surface area contributed by atoms with Gasteiger partial charge in [-0.15, -0.1) is 0 Å². The Morgan fingerprint density at radius 1 is 1.47 bits per heavy atom. The third-order valence-electron chi connectivity index (χ3n) is 3.09. The average molecular weight is 214 g/mol. The quantitative estimate of drug-likeness (QED) is 0.679. The second-order valence-corrected chi connectivity index (χ2v) is 4.42. The fourth-order valence-corrected chi connectivity index (χ4v) is 2.07. The zero-order valence-electron chi connectivity index (χ0n) is 9.58. The molecule has 2 aliphatic rings. The minimum atomic E-state index is 0.371. The number of methoxy groups -OCH3 is 1. The van der Waals surface area contributed by atoms with Crippen molar-refractivity contribution >= 4 is 0 Å². The van der Waals surface area contributed by atoms with Crippen molar-refractivity contribution in [2.75, 3.05) is 46.5 Å². The molecule has 1 heterocycles. The summed E-state index contributed by atoms with van der Waals surface area (Å²) in [4.78, 5) is 2.52. The lowest BCUT2D eigenvalue weighted by Crippen LogP contribution is -2.46. The van der Waals surface area contributed by atoms with Crippen LogP contribution in [0.2, 0.25) is 0 Å². The second kappa shape index (κ2) is 5.80. The van der Waals surface area contributed by atoms with Gasteiger partial charge < -0.3 is 14.8 Å². The first kappa shape index (κ1) is 11.3. The van der Waals surface area contributed by atoms with E-state index in [1.165, 1.54) is 12.8 Å². The van der Waals surface area contributed by atoms with E-state index in [4.69, 9.17) is 9.47 Å². The molecule has 0 amide bonds. The number of hydrogen-bond acceptors (Lipinski definition) is 4. The van der Waals surface area contributed by atoms with Gasteiger partial charge in [-0.3, -0.25) is 4.90 Å². The van der Waals surface area contributed by atoms with Crippen LogP contribution in [0, 0.1) is 0 Å². The highest BCUT2D eigenvalue weighted by atomic mass is 16.5. The van der Waals surface area contributed by atoms with Gasteiger partial charge in [0.15, 0.2) is 0 Å². The maximum atomic E-state index is 5.72. The third-order valence-corrected chi connectivity index (χ3v) is 3.09. The molecule has 1 atom stereocenters. The number of nitrogens with zero attached hydrogens (tertiary/aromatic N) is 1. The highest BCUT2D eigenvalue weighted by molar-refractivity contribution is 4.86. The predicted molar refractivity (Wildman–Crippen MR) is 59.1 cm³/mol. The normalized spacial score (nSPS) is 27.2. The molecule has 0 aromatic rings. The van der Waals surface area contributed by atoms with Gasteiger partial charge >= 0.3 is 0 Å². The van der Waals surface area contributed by atoms with Crippen molar-refractivity contribution in [2.24, 2.45) is 0 Å². The van der Waals surface area contributed by atoms with Crippen LogP contribution in [0.3, 0.4) is 0 Å². The molecule has 4 nitrogen and oxygen atoms in total. The summed E-state index contributed by atoms with van der Waals surface area (Å²) in [6.07, 6.45) is 3.07. The SMILES string of the molecule is COCCN(CC1CNCCO1)C1CC1. The van der Waals surface area contributed by atoms with Crippen LogP contribution < -0.4 is 5.32 Å². The highest BCUT2D eigenvalue weighted by Gasteiger charge is 2.30. The monoisotopic (exact) mass is 214 g/mol. The maximum absolute atomic E-state index is 5.72. The van der Waals surface area contributed by atoms with Gasteiger partial charge in [-0.1, -0.05) is 0 Å². The Morgan fingerprint density at radius 3 is 2.93 bits per heavy atom. The summed E-state index contributed by atoms with van der Waals surface area (Å²) in [5, 5.41) is 3.37. The van der Waals surface area contributed by atoms with Gasteiger partial charge in [-0.25, -0.2) is 0 Å². The molecule has 4 heteroatoms. The average Bonchev–Trinajstić information content (AvgIpc) is 3.09. The van der Waals surface area contributed by atoms with Crippen molar-refractivity contribution in [1.29, 1.82) is 0 Å². The first-order chi connectivity index (χ1) is 7.40. The van der Waals surface area contributed by atoms with Gasteiger partial charge in [0.1, 0.15) is 0 Å². The molecule has 1 saturated carbocycles. The van der Waals surface area contributed by atoms with E-state index in [1.807, 2.05) is 0 Å². The topological polar surface area (TPSA) is 33.7 Å². The molecule has 0 bridgehead atoms. The molecule has 88 valence electrons. The lowest BCUT2D eigenvalue weighted by Gasteiger charge is -2.30. The van der Waals surface area contributed by atoms with E-state index < -0.39 is 0 Å². The zero-order chi connectivity index (χ0) is 10.5. The Morgan fingerprint density at radius 2 is 2.33 bits per heavy atom. The Hall–Kier alpha value is -0.160. The van der Waals surface area contributed by atoms with Crippen LogP contribution in [-0.4, -0.2) is 63.5 Å². The van der Waals surface area contributed by atoms with E-state index in [0.717, 1.165) is 45.4 Å². The summed E-state index contributed by atoms with van der Waals surface area (Å²) in [6.45, 7) is 5.78. The predicted octanol–water partition coefficient (Wildman–Crippen LogP) is 0.0856. The van der Waals surface area contributed by atoms with E-state index >= 15 is 0 Å². The number of nitrogens with one attached hydrogen (secondary N) is 1. The van der Waals surface area contributed by atoms with Crippen molar-refractivity contribution < 1.29 is 9.47 Å². The largest absolute Gasteiger partial charge is 0.383 e. The molecule has 0 radical (unpaired) electrons. The number of hydrogen-bond donors (Lipinski definition) is 1. The molecular formula is C11H22N2O2. The molecule has 1 N–H and O–H groups in total. The summed E-state index contributed by atoms with van der Waals surface area (Å²) < 4.78 is 10.9. The van der Waals surface area contributed by atoms with Crippen molar-refractivity contribution in [2.45, 2.75) is 25.0 Å². The summed E-state index contributed by atoms with van der Waals surface area (Å²) in [6, 6.07) is 0.797. The van der Waals surface area contributed by atoms with Crippen molar-refractivity contribution in [3.05, 3.63) is 0 Å². The van der Waals surface area contributed by atoms with Gasteiger partial charge in [-0.05, 0) is 12.8 Å². The molecule has 15 heavy (non-hydrogen) atoms. The smallest absolute Gasteiger partial charge is 0.0826 e. The van der Waals surface area contributed by atoms with Crippen LogP contribution in [0.5, 0.6) is 0 Å². The van der Waals surface area contributed by atoms with Crippen molar-refractivity contribution in [3.8, 4) is 0 Å². The molecule has 1 saturated heterocycles. The van der Waals surface area contributed by atoms with Crippen molar-refractivity contribution in [1.82, 2.24) is 10.2 Å². The van der Waals surface area contributed by atoms with Crippen LogP contribution in [0.4, 0.5) is 0 Å². The molecule has 1 unspecified atom stereocenters. The summed E-state index contributed by atoms with van der Waals surface area (Å²) in [5.41, 5.74) is 0. The van der Waals surface area contributed by atoms with E-state index in [9.17, 15) is 0 Å². The van der Waals surface area contributed by atoms with Gasteiger partial charge in [0, 0.05) is 39.3 Å². The minimum absolute atomic E-state index is 0.371. The van der Waals surface area contributed by atoms with Crippen LogP contribution >= 0.6 is 0 Å². The Labute approximate surface area is 91.9 Å².